The largest absolute Gasteiger partial charge is 0.344 e. The average Bonchev–Trinajstić information content (AvgIpc) is 1.35. The molecule has 2 nitrogen and oxygen atoms in total. The fourth-order valence-electron chi connectivity index (χ4n) is 0. The van der Waals surface area contributed by atoms with Crippen LogP contribution in [0.1, 0.15) is 20.8 Å². The van der Waals surface area contributed by atoms with Crippen molar-refractivity contribution >= 4 is 0 Å². The first-order valence-electron chi connectivity index (χ1n) is 2.20. The van der Waals surface area contributed by atoms with Gasteiger partial charge in [0.25, 0.3) is 0 Å². The van der Waals surface area contributed by atoms with Gasteiger partial charge >= 0.3 is 0 Å². The zero-order valence-electron chi connectivity index (χ0n) is 6.20. The highest BCUT2D eigenvalue weighted by atomic mass is 14.0. The molecule has 0 aliphatic heterocycles. The summed E-state index contributed by atoms with van der Waals surface area (Å²) in [6.07, 6.45) is 1.94. The summed E-state index contributed by atoms with van der Waals surface area (Å²) in [5, 5.41) is 0. The van der Waals surface area contributed by atoms with Crippen LogP contribution in [0.15, 0.2) is 12.7 Å². The third kappa shape index (κ3) is 17.4. The lowest BCUT2D eigenvalue weighted by Gasteiger charge is -2.08. The molecule has 0 atom stereocenters. The standard InChI is InChI=1S/C6H12.2H3N/c1-5-6(2,3)4;;/h5H,1H2,2-4H3;2*1H3. The van der Waals surface area contributed by atoms with Crippen molar-refractivity contribution in [3.63, 3.8) is 0 Å². The molecule has 0 amide bonds. The van der Waals surface area contributed by atoms with Gasteiger partial charge in [-0.1, -0.05) is 26.8 Å². The lowest BCUT2D eigenvalue weighted by Crippen LogP contribution is -1.96. The van der Waals surface area contributed by atoms with Gasteiger partial charge in [-0.2, -0.15) is 0 Å². The summed E-state index contributed by atoms with van der Waals surface area (Å²) in [6, 6.07) is 0. The predicted molar refractivity (Wildman–Crippen MR) is 39.7 cm³/mol. The Hall–Kier alpha value is -0.340. The highest BCUT2D eigenvalue weighted by molar-refractivity contribution is 4.82. The van der Waals surface area contributed by atoms with E-state index in [0.29, 0.717) is 5.41 Å². The van der Waals surface area contributed by atoms with Gasteiger partial charge in [-0.25, -0.2) is 0 Å². The van der Waals surface area contributed by atoms with E-state index in [-0.39, 0.29) is 12.3 Å². The molecule has 0 aliphatic rings. The fraction of sp³-hybridized carbons (Fsp3) is 0.667. The van der Waals surface area contributed by atoms with Gasteiger partial charge in [0, 0.05) is 0 Å². The van der Waals surface area contributed by atoms with Crippen LogP contribution in [0.2, 0.25) is 0 Å². The molecule has 0 saturated heterocycles. The molecule has 0 aromatic carbocycles. The molecule has 0 aromatic heterocycles. The number of hydrogen-bond acceptors (Lipinski definition) is 2. The van der Waals surface area contributed by atoms with Crippen LogP contribution >= 0.6 is 0 Å². The summed E-state index contributed by atoms with van der Waals surface area (Å²) < 4.78 is 0. The predicted octanol–water partition coefficient (Wildman–Crippen LogP) is 2.54. The van der Waals surface area contributed by atoms with Crippen molar-refractivity contribution in [2.24, 2.45) is 5.41 Å². The SMILES string of the molecule is C=CC(C)(C)C.N.N. The van der Waals surface area contributed by atoms with Crippen molar-refractivity contribution in [3.05, 3.63) is 12.7 Å². The minimum Gasteiger partial charge on any atom is -0.344 e. The first kappa shape index (κ1) is 15.6. The average molecular weight is 118 g/mol. The van der Waals surface area contributed by atoms with Gasteiger partial charge in [0.05, 0.1) is 0 Å². The molecule has 0 fully saturated rings. The molecule has 52 valence electrons. The molecule has 0 rings (SSSR count). The Morgan fingerprint density at radius 1 is 1.12 bits per heavy atom. The lowest BCUT2D eigenvalue weighted by molar-refractivity contribution is 0.546. The molecular formula is C6H18N2. The molecule has 8 heavy (non-hydrogen) atoms. The summed E-state index contributed by atoms with van der Waals surface area (Å²) in [6.45, 7) is 10.0. The topological polar surface area (TPSA) is 70.0 Å². The minimum atomic E-state index is 0. The Morgan fingerprint density at radius 2 is 1.25 bits per heavy atom. The van der Waals surface area contributed by atoms with E-state index in [4.69, 9.17) is 0 Å². The van der Waals surface area contributed by atoms with Gasteiger partial charge < -0.3 is 12.3 Å². The number of hydrogen-bond donors (Lipinski definition) is 2. The third-order valence-electron chi connectivity index (χ3n) is 0.612. The second-order valence-electron chi connectivity index (χ2n) is 2.57. The van der Waals surface area contributed by atoms with E-state index in [1.807, 2.05) is 6.08 Å². The molecule has 0 saturated carbocycles. The minimum absolute atomic E-state index is 0. The Morgan fingerprint density at radius 3 is 1.25 bits per heavy atom. The maximum absolute atomic E-state index is 3.63. The van der Waals surface area contributed by atoms with Gasteiger partial charge in [-0.15, -0.1) is 6.58 Å². The van der Waals surface area contributed by atoms with Crippen molar-refractivity contribution in [1.82, 2.24) is 12.3 Å². The summed E-state index contributed by atoms with van der Waals surface area (Å²) in [5.74, 6) is 0. The molecule has 2 heteroatoms. The van der Waals surface area contributed by atoms with Crippen LogP contribution < -0.4 is 12.3 Å². The molecule has 0 spiro atoms. The quantitative estimate of drug-likeness (QED) is 0.480. The van der Waals surface area contributed by atoms with Gasteiger partial charge in [-0.05, 0) is 5.41 Å². The molecule has 0 unspecified atom stereocenters. The molecular weight excluding hydrogens is 100 g/mol. The fourth-order valence-corrected chi connectivity index (χ4v) is 0. The summed E-state index contributed by atoms with van der Waals surface area (Å²) in [7, 11) is 0. The van der Waals surface area contributed by atoms with E-state index < -0.39 is 0 Å². The first-order chi connectivity index (χ1) is 2.56. The number of rotatable bonds is 0. The van der Waals surface area contributed by atoms with Gasteiger partial charge in [0.2, 0.25) is 0 Å². The van der Waals surface area contributed by atoms with E-state index in [1.54, 1.807) is 0 Å². The number of allylic oxidation sites excluding steroid dienone is 1. The lowest BCUT2D eigenvalue weighted by atomic mass is 9.98. The summed E-state index contributed by atoms with van der Waals surface area (Å²) in [4.78, 5) is 0. The Labute approximate surface area is 52.1 Å². The van der Waals surface area contributed by atoms with Crippen LogP contribution in [-0.4, -0.2) is 0 Å². The van der Waals surface area contributed by atoms with Crippen molar-refractivity contribution in [2.75, 3.05) is 0 Å². The van der Waals surface area contributed by atoms with E-state index in [0.717, 1.165) is 0 Å². The second-order valence-corrected chi connectivity index (χ2v) is 2.57. The van der Waals surface area contributed by atoms with E-state index in [9.17, 15) is 0 Å². The zero-order valence-corrected chi connectivity index (χ0v) is 6.20. The Kier molecular flexibility index (Phi) is 9.41. The van der Waals surface area contributed by atoms with Gasteiger partial charge in [0.1, 0.15) is 0 Å². The van der Waals surface area contributed by atoms with Crippen LogP contribution in [0.3, 0.4) is 0 Å². The van der Waals surface area contributed by atoms with Gasteiger partial charge in [0.15, 0.2) is 0 Å². The molecule has 0 radical (unpaired) electrons. The van der Waals surface area contributed by atoms with Crippen molar-refractivity contribution < 1.29 is 0 Å². The Bertz CT molecular complexity index is 52.0. The summed E-state index contributed by atoms with van der Waals surface area (Å²) >= 11 is 0. The van der Waals surface area contributed by atoms with E-state index in [2.05, 4.69) is 27.4 Å². The Balaban J connectivity index is -0.000000125. The molecule has 0 heterocycles. The maximum Gasteiger partial charge on any atom is -0.0206 e. The van der Waals surface area contributed by atoms with E-state index in [1.165, 1.54) is 0 Å². The molecule has 0 bridgehead atoms. The summed E-state index contributed by atoms with van der Waals surface area (Å²) in [5.41, 5.74) is 0.306. The molecule has 6 N–H and O–H groups in total. The van der Waals surface area contributed by atoms with Crippen LogP contribution in [0, 0.1) is 5.41 Å². The third-order valence-corrected chi connectivity index (χ3v) is 0.612. The van der Waals surface area contributed by atoms with Gasteiger partial charge in [-0.3, -0.25) is 0 Å². The first-order valence-corrected chi connectivity index (χ1v) is 2.20. The van der Waals surface area contributed by atoms with Crippen molar-refractivity contribution in [2.45, 2.75) is 20.8 Å². The monoisotopic (exact) mass is 118 g/mol. The molecule has 0 aromatic rings. The van der Waals surface area contributed by atoms with Crippen LogP contribution in [-0.2, 0) is 0 Å². The smallest absolute Gasteiger partial charge is 0.0206 e. The van der Waals surface area contributed by atoms with Crippen LogP contribution in [0.4, 0.5) is 0 Å². The van der Waals surface area contributed by atoms with Crippen molar-refractivity contribution in [1.29, 1.82) is 0 Å². The van der Waals surface area contributed by atoms with Crippen molar-refractivity contribution in [3.8, 4) is 0 Å². The maximum atomic E-state index is 3.63. The van der Waals surface area contributed by atoms with Crippen LogP contribution in [0.25, 0.3) is 0 Å². The second kappa shape index (κ2) is 4.81. The zero-order chi connectivity index (χ0) is 5.21. The molecule has 0 aliphatic carbocycles. The highest BCUT2D eigenvalue weighted by Crippen LogP contribution is 2.11. The van der Waals surface area contributed by atoms with Crippen LogP contribution in [0.5, 0.6) is 0 Å². The van der Waals surface area contributed by atoms with E-state index >= 15 is 0 Å². The highest BCUT2D eigenvalue weighted by Gasteiger charge is 1.99. The normalized spacial score (nSPS) is 8.38.